The van der Waals surface area contributed by atoms with E-state index in [1.165, 1.54) is 0 Å². The lowest BCUT2D eigenvalue weighted by molar-refractivity contribution is -0.908. The third-order valence-corrected chi connectivity index (χ3v) is 6.53. The summed E-state index contributed by atoms with van der Waals surface area (Å²) >= 11 is 0. The minimum atomic E-state index is -0.697. The highest BCUT2D eigenvalue weighted by atomic mass is 16.7. The van der Waals surface area contributed by atoms with E-state index in [0.29, 0.717) is 29.5 Å². The molecule has 0 saturated heterocycles. The molecule has 2 aliphatic rings. The van der Waals surface area contributed by atoms with Crippen molar-refractivity contribution >= 4 is 0 Å². The fourth-order valence-corrected chi connectivity index (χ4v) is 4.84. The maximum atomic E-state index is 13.1. The summed E-state index contributed by atoms with van der Waals surface area (Å²) in [7, 11) is 3.49. The Hall–Kier alpha value is -3.72. The number of hydrogen-bond donors (Lipinski definition) is 3. The number of aromatic amines is 1. The monoisotopic (exact) mass is 452 g/mol. The molecule has 0 saturated carbocycles. The van der Waals surface area contributed by atoms with Crippen molar-refractivity contribution in [3.63, 3.8) is 0 Å². The second-order valence-electron chi connectivity index (χ2n) is 8.35. The van der Waals surface area contributed by atoms with Crippen molar-refractivity contribution in [2.24, 2.45) is 0 Å². The standard InChI is InChI=1S/C24H25N3O6/c1-4-13-5-7-15(8-6-13)27-23(29)18(22(28)25-24(27)30)19-17-14(9-10-26(19)2)11-16-20(21(17)31-3)33-12-32-16/h5-8,11,19,29H,4,9-10,12H2,1-3H3,(H,25,28,30)/p+1/t19-/m1/s1. The summed E-state index contributed by atoms with van der Waals surface area (Å²) in [6.07, 6.45) is 1.59. The number of rotatable bonds is 4. The number of fused-ring (bicyclic) bond motifs is 2. The van der Waals surface area contributed by atoms with Gasteiger partial charge in [-0.2, -0.15) is 0 Å². The number of aryl methyl sites for hydroxylation is 1. The summed E-state index contributed by atoms with van der Waals surface area (Å²) in [6.45, 7) is 2.84. The van der Waals surface area contributed by atoms with Crippen LogP contribution in [0.15, 0.2) is 39.9 Å². The molecule has 0 bridgehead atoms. The normalized spacial score (nSPS) is 18.8. The highest BCUT2D eigenvalue weighted by Crippen LogP contribution is 2.48. The van der Waals surface area contributed by atoms with Crippen molar-refractivity contribution in [1.29, 1.82) is 0 Å². The molecule has 2 atom stereocenters. The first-order valence-corrected chi connectivity index (χ1v) is 10.9. The van der Waals surface area contributed by atoms with Gasteiger partial charge in [-0.15, -0.1) is 0 Å². The Morgan fingerprint density at radius 3 is 2.67 bits per heavy atom. The lowest BCUT2D eigenvalue weighted by Crippen LogP contribution is -3.10. The van der Waals surface area contributed by atoms with Crippen LogP contribution in [-0.4, -0.2) is 42.2 Å². The van der Waals surface area contributed by atoms with E-state index in [4.69, 9.17) is 14.2 Å². The minimum absolute atomic E-state index is 0.0897. The van der Waals surface area contributed by atoms with Crippen molar-refractivity contribution in [2.75, 3.05) is 27.5 Å². The Morgan fingerprint density at radius 2 is 1.97 bits per heavy atom. The van der Waals surface area contributed by atoms with Gasteiger partial charge in [-0.1, -0.05) is 19.1 Å². The van der Waals surface area contributed by atoms with E-state index in [1.807, 2.05) is 32.2 Å². The van der Waals surface area contributed by atoms with E-state index in [0.717, 1.165) is 39.0 Å². The van der Waals surface area contributed by atoms with Gasteiger partial charge in [0.2, 0.25) is 18.4 Å². The van der Waals surface area contributed by atoms with Crippen LogP contribution in [0.5, 0.6) is 23.1 Å². The first kappa shape index (κ1) is 21.1. The largest absolute Gasteiger partial charge is 0.494 e. The topological polar surface area (TPSA) is 107 Å². The predicted molar refractivity (Wildman–Crippen MR) is 120 cm³/mol. The number of likely N-dealkylation sites (N-methyl/N-ethyl adjacent to an activating group) is 1. The average Bonchev–Trinajstić information content (AvgIpc) is 3.27. The van der Waals surface area contributed by atoms with Gasteiger partial charge in [0, 0.05) is 6.42 Å². The fraction of sp³-hybridized carbons (Fsp3) is 0.333. The molecule has 0 fully saturated rings. The summed E-state index contributed by atoms with van der Waals surface area (Å²) in [6, 6.07) is 8.62. The number of ether oxygens (including phenoxy) is 3. The molecular weight excluding hydrogens is 426 g/mol. The Bertz CT molecular complexity index is 1340. The zero-order chi connectivity index (χ0) is 23.3. The molecule has 9 nitrogen and oxygen atoms in total. The molecule has 1 aromatic heterocycles. The Labute approximate surface area is 189 Å². The second-order valence-corrected chi connectivity index (χ2v) is 8.35. The van der Waals surface area contributed by atoms with Gasteiger partial charge in [0.1, 0.15) is 5.56 Å². The zero-order valence-corrected chi connectivity index (χ0v) is 18.7. The van der Waals surface area contributed by atoms with Crippen LogP contribution < -0.4 is 30.4 Å². The first-order valence-electron chi connectivity index (χ1n) is 10.9. The molecule has 33 heavy (non-hydrogen) atoms. The lowest BCUT2D eigenvalue weighted by Gasteiger charge is -2.33. The van der Waals surface area contributed by atoms with E-state index >= 15 is 0 Å². The molecule has 0 amide bonds. The number of nitrogens with one attached hydrogen (secondary N) is 2. The third-order valence-electron chi connectivity index (χ3n) is 6.53. The predicted octanol–water partition coefficient (Wildman–Crippen LogP) is 0.691. The summed E-state index contributed by atoms with van der Waals surface area (Å²) in [5.74, 6) is 1.18. The van der Waals surface area contributed by atoms with E-state index in [-0.39, 0.29) is 18.2 Å². The minimum Gasteiger partial charge on any atom is -0.494 e. The van der Waals surface area contributed by atoms with Crippen molar-refractivity contribution in [2.45, 2.75) is 25.8 Å². The van der Waals surface area contributed by atoms with Crippen LogP contribution in [0.1, 0.15) is 35.2 Å². The smallest absolute Gasteiger partial charge is 0.335 e. The molecule has 9 heteroatoms. The number of nitrogens with zero attached hydrogens (tertiary/aromatic N) is 1. The molecule has 172 valence electrons. The van der Waals surface area contributed by atoms with Gasteiger partial charge in [0.15, 0.2) is 17.5 Å². The summed E-state index contributed by atoms with van der Waals surface area (Å²) < 4.78 is 18.1. The van der Waals surface area contributed by atoms with Gasteiger partial charge in [0.05, 0.1) is 32.0 Å². The molecule has 3 heterocycles. The third kappa shape index (κ3) is 3.27. The van der Waals surface area contributed by atoms with E-state index < -0.39 is 17.3 Å². The molecule has 0 aliphatic carbocycles. The van der Waals surface area contributed by atoms with Gasteiger partial charge in [-0.25, -0.2) is 9.36 Å². The van der Waals surface area contributed by atoms with Crippen LogP contribution >= 0.6 is 0 Å². The van der Waals surface area contributed by atoms with Crippen LogP contribution in [0, 0.1) is 0 Å². The molecular formula is C24H26N3O6+. The van der Waals surface area contributed by atoms with Crippen LogP contribution in [0.25, 0.3) is 5.69 Å². The van der Waals surface area contributed by atoms with E-state index in [2.05, 4.69) is 4.98 Å². The molecule has 2 aliphatic heterocycles. The van der Waals surface area contributed by atoms with Crippen molar-refractivity contribution in [3.8, 4) is 28.8 Å². The number of aromatic nitrogens is 2. The Morgan fingerprint density at radius 1 is 1.21 bits per heavy atom. The van der Waals surface area contributed by atoms with Crippen LogP contribution in [0.2, 0.25) is 0 Å². The molecule has 1 unspecified atom stereocenters. The number of methoxy groups -OCH3 is 1. The molecule has 0 radical (unpaired) electrons. The maximum Gasteiger partial charge on any atom is 0.335 e. The van der Waals surface area contributed by atoms with Gasteiger partial charge in [-0.05, 0) is 35.7 Å². The second kappa shape index (κ2) is 8.00. The van der Waals surface area contributed by atoms with Gasteiger partial charge < -0.3 is 24.2 Å². The quantitative estimate of drug-likeness (QED) is 0.538. The number of benzene rings is 2. The highest BCUT2D eigenvalue weighted by Gasteiger charge is 2.41. The van der Waals surface area contributed by atoms with Gasteiger partial charge in [0.25, 0.3) is 5.56 Å². The molecule has 3 aromatic rings. The van der Waals surface area contributed by atoms with Crippen molar-refractivity contribution < 1.29 is 24.2 Å². The molecule has 3 N–H and O–H groups in total. The van der Waals surface area contributed by atoms with Gasteiger partial charge >= 0.3 is 5.69 Å². The van der Waals surface area contributed by atoms with Crippen LogP contribution in [-0.2, 0) is 12.8 Å². The molecule has 0 spiro atoms. The summed E-state index contributed by atoms with van der Waals surface area (Å²) in [5, 5.41) is 11.3. The van der Waals surface area contributed by atoms with Crippen molar-refractivity contribution in [3.05, 3.63) is 73.4 Å². The molecule has 2 aromatic carbocycles. The number of H-pyrrole nitrogens is 1. The van der Waals surface area contributed by atoms with Gasteiger partial charge in [-0.3, -0.25) is 9.78 Å². The Kier molecular flexibility index (Phi) is 5.13. The number of aromatic hydroxyl groups is 1. The van der Waals surface area contributed by atoms with E-state index in [9.17, 15) is 14.7 Å². The van der Waals surface area contributed by atoms with Crippen molar-refractivity contribution in [1.82, 2.24) is 9.55 Å². The van der Waals surface area contributed by atoms with Crippen LogP contribution in [0.3, 0.4) is 0 Å². The number of quaternary nitrogens is 1. The summed E-state index contributed by atoms with van der Waals surface area (Å²) in [4.78, 5) is 29.2. The van der Waals surface area contributed by atoms with Crippen LogP contribution in [0.4, 0.5) is 0 Å². The number of hydrogen-bond acceptors (Lipinski definition) is 6. The fourth-order valence-electron chi connectivity index (χ4n) is 4.84. The first-order chi connectivity index (χ1) is 15.9. The zero-order valence-electron chi connectivity index (χ0n) is 18.7. The average molecular weight is 452 g/mol. The lowest BCUT2D eigenvalue weighted by atomic mass is 9.87. The maximum absolute atomic E-state index is 13.1. The Balaban J connectivity index is 1.76. The SMILES string of the molecule is CCc1ccc(-n2c(O)c([C@H]3c4c(cc5c(c4OC)OCO5)CC[NH+]3C)c(=O)[nH]c2=O)cc1. The highest BCUT2D eigenvalue weighted by molar-refractivity contribution is 5.63. The summed E-state index contributed by atoms with van der Waals surface area (Å²) in [5.41, 5.74) is 2.05. The molecule has 5 rings (SSSR count). The van der Waals surface area contributed by atoms with E-state index in [1.54, 1.807) is 19.2 Å².